The van der Waals surface area contributed by atoms with Gasteiger partial charge < -0.3 is 5.73 Å². The van der Waals surface area contributed by atoms with Crippen LogP contribution in [-0.4, -0.2) is 0 Å². The van der Waals surface area contributed by atoms with Gasteiger partial charge in [-0.3, -0.25) is 0 Å². The maximum atomic E-state index is 6.37. The first-order valence-corrected chi connectivity index (χ1v) is 10.2. The third-order valence-electron chi connectivity index (χ3n) is 6.01. The Morgan fingerprint density at radius 3 is 2.15 bits per heavy atom. The molecule has 5 aromatic carbocycles. The molecule has 0 aromatic heterocycles. The maximum absolute atomic E-state index is 6.37. The minimum absolute atomic E-state index is 0.862. The monoisotopic (exact) mass is 351 g/mol. The standard InChI is InChI=1S/C26H25N/c1-2-3-4-5-8-17-13-14-22-20-11-6-9-18-10-7-12-21(25(18)20)24-16-19(27)15-23(17)26(22)24/h6-7,9-16H,2-5,8,27H2,1H3. The largest absolute Gasteiger partial charge is 0.399 e. The summed E-state index contributed by atoms with van der Waals surface area (Å²) >= 11 is 0. The Hall–Kier alpha value is -2.80. The summed E-state index contributed by atoms with van der Waals surface area (Å²) in [5.74, 6) is 0. The Bertz CT molecular complexity index is 1260. The second kappa shape index (κ2) is 6.42. The van der Waals surface area contributed by atoms with Gasteiger partial charge in [-0.05, 0) is 73.6 Å². The molecule has 27 heavy (non-hydrogen) atoms. The summed E-state index contributed by atoms with van der Waals surface area (Å²) in [7, 11) is 0. The van der Waals surface area contributed by atoms with Crippen LogP contribution in [-0.2, 0) is 6.42 Å². The highest BCUT2D eigenvalue weighted by Gasteiger charge is 2.15. The van der Waals surface area contributed by atoms with Crippen LogP contribution in [0.15, 0.2) is 60.7 Å². The summed E-state index contributed by atoms with van der Waals surface area (Å²) in [6, 6.07) is 22.3. The van der Waals surface area contributed by atoms with Gasteiger partial charge in [0, 0.05) is 5.69 Å². The SMILES string of the molecule is CCCCCCc1ccc2c3cccc4cccc(c5cc(N)cc1c25)c43. The molecular formula is C26H25N. The molecule has 0 aliphatic rings. The molecule has 0 atom stereocenters. The Kier molecular flexibility index (Phi) is 3.89. The molecule has 5 aromatic rings. The number of nitrogens with two attached hydrogens (primary N) is 1. The van der Waals surface area contributed by atoms with Gasteiger partial charge in [0.25, 0.3) is 0 Å². The van der Waals surface area contributed by atoms with Crippen molar-refractivity contribution in [3.8, 4) is 0 Å². The minimum Gasteiger partial charge on any atom is -0.399 e. The average molecular weight is 351 g/mol. The number of anilines is 1. The van der Waals surface area contributed by atoms with Gasteiger partial charge >= 0.3 is 0 Å². The minimum atomic E-state index is 0.862. The van der Waals surface area contributed by atoms with E-state index in [4.69, 9.17) is 5.73 Å². The van der Waals surface area contributed by atoms with Crippen LogP contribution in [0.4, 0.5) is 5.69 Å². The molecule has 0 saturated carbocycles. The highest BCUT2D eigenvalue weighted by atomic mass is 14.5. The molecule has 1 heteroatoms. The van der Waals surface area contributed by atoms with E-state index in [2.05, 4.69) is 67.6 Å². The van der Waals surface area contributed by atoms with Crippen molar-refractivity contribution in [2.24, 2.45) is 0 Å². The molecule has 0 aliphatic carbocycles. The molecule has 1 nitrogen and oxygen atoms in total. The third-order valence-corrected chi connectivity index (χ3v) is 6.01. The molecule has 0 saturated heterocycles. The zero-order valence-electron chi connectivity index (χ0n) is 15.9. The van der Waals surface area contributed by atoms with E-state index in [0.29, 0.717) is 0 Å². The summed E-state index contributed by atoms with van der Waals surface area (Å²) < 4.78 is 0. The van der Waals surface area contributed by atoms with Crippen LogP contribution in [0.3, 0.4) is 0 Å². The van der Waals surface area contributed by atoms with Crippen molar-refractivity contribution in [2.45, 2.75) is 39.0 Å². The Morgan fingerprint density at radius 1 is 0.667 bits per heavy atom. The molecule has 0 bridgehead atoms. The second-order valence-corrected chi connectivity index (χ2v) is 7.78. The fourth-order valence-corrected chi connectivity index (χ4v) is 4.75. The number of hydrogen-bond donors (Lipinski definition) is 1. The highest BCUT2D eigenvalue weighted by Crippen LogP contribution is 2.42. The normalized spacial score (nSPS) is 12.0. The van der Waals surface area contributed by atoms with E-state index in [-0.39, 0.29) is 0 Å². The number of benzene rings is 5. The lowest BCUT2D eigenvalue weighted by molar-refractivity contribution is 0.668. The molecule has 2 N–H and O–H groups in total. The molecule has 134 valence electrons. The van der Waals surface area contributed by atoms with Crippen LogP contribution in [0.2, 0.25) is 0 Å². The van der Waals surface area contributed by atoms with E-state index < -0.39 is 0 Å². The van der Waals surface area contributed by atoms with E-state index in [1.54, 1.807) is 0 Å². The van der Waals surface area contributed by atoms with E-state index >= 15 is 0 Å². The van der Waals surface area contributed by atoms with E-state index in [1.807, 2.05) is 0 Å². The van der Waals surface area contributed by atoms with Gasteiger partial charge in [0.1, 0.15) is 0 Å². The van der Waals surface area contributed by atoms with E-state index in [9.17, 15) is 0 Å². The Morgan fingerprint density at radius 2 is 1.37 bits per heavy atom. The van der Waals surface area contributed by atoms with Crippen molar-refractivity contribution in [3.63, 3.8) is 0 Å². The van der Waals surface area contributed by atoms with Crippen molar-refractivity contribution in [2.75, 3.05) is 5.73 Å². The molecule has 0 heterocycles. The molecule has 0 unspecified atom stereocenters. The van der Waals surface area contributed by atoms with Gasteiger partial charge in [0.15, 0.2) is 0 Å². The fraction of sp³-hybridized carbons (Fsp3) is 0.231. The molecule has 0 radical (unpaired) electrons. The van der Waals surface area contributed by atoms with Gasteiger partial charge in [0.05, 0.1) is 0 Å². The van der Waals surface area contributed by atoms with Crippen molar-refractivity contribution < 1.29 is 0 Å². The topological polar surface area (TPSA) is 26.0 Å². The molecule has 5 rings (SSSR count). The van der Waals surface area contributed by atoms with Gasteiger partial charge in [-0.1, -0.05) is 74.7 Å². The number of aryl methyl sites for hydroxylation is 1. The van der Waals surface area contributed by atoms with Crippen LogP contribution >= 0.6 is 0 Å². The lowest BCUT2D eigenvalue weighted by Crippen LogP contribution is -1.94. The third kappa shape index (κ3) is 2.53. The van der Waals surface area contributed by atoms with Crippen LogP contribution in [0.1, 0.15) is 38.2 Å². The van der Waals surface area contributed by atoms with Crippen LogP contribution in [0, 0.1) is 0 Å². The lowest BCUT2D eigenvalue weighted by atomic mass is 9.87. The van der Waals surface area contributed by atoms with Crippen LogP contribution in [0.5, 0.6) is 0 Å². The van der Waals surface area contributed by atoms with Crippen molar-refractivity contribution in [1.82, 2.24) is 0 Å². The van der Waals surface area contributed by atoms with Crippen molar-refractivity contribution in [3.05, 3.63) is 66.2 Å². The molecule has 0 fully saturated rings. The zero-order valence-corrected chi connectivity index (χ0v) is 15.9. The molecule has 0 amide bonds. The number of fused-ring (bicyclic) bond motifs is 2. The Balaban J connectivity index is 1.85. The summed E-state index contributed by atoms with van der Waals surface area (Å²) in [5, 5.41) is 10.7. The van der Waals surface area contributed by atoms with Gasteiger partial charge in [-0.2, -0.15) is 0 Å². The molecule has 0 spiro atoms. The number of nitrogen functional groups attached to an aromatic ring is 1. The first-order valence-electron chi connectivity index (χ1n) is 10.2. The van der Waals surface area contributed by atoms with Gasteiger partial charge in [-0.25, -0.2) is 0 Å². The van der Waals surface area contributed by atoms with E-state index in [0.717, 1.165) is 12.1 Å². The summed E-state index contributed by atoms with van der Waals surface area (Å²) in [6.45, 7) is 2.27. The number of hydrogen-bond acceptors (Lipinski definition) is 1. The van der Waals surface area contributed by atoms with Gasteiger partial charge in [0.2, 0.25) is 0 Å². The van der Waals surface area contributed by atoms with Crippen LogP contribution in [0.25, 0.3) is 43.1 Å². The lowest BCUT2D eigenvalue weighted by Gasteiger charge is -2.17. The summed E-state index contributed by atoms with van der Waals surface area (Å²) in [4.78, 5) is 0. The first kappa shape index (κ1) is 16.4. The smallest absolute Gasteiger partial charge is 0.0326 e. The van der Waals surface area contributed by atoms with E-state index in [1.165, 1.54) is 74.3 Å². The zero-order chi connectivity index (χ0) is 18.4. The number of unbranched alkanes of at least 4 members (excludes halogenated alkanes) is 3. The molecular weight excluding hydrogens is 326 g/mol. The van der Waals surface area contributed by atoms with Crippen molar-refractivity contribution >= 4 is 48.8 Å². The summed E-state index contributed by atoms with van der Waals surface area (Å²) in [6.07, 6.45) is 6.28. The van der Waals surface area contributed by atoms with Gasteiger partial charge in [-0.15, -0.1) is 0 Å². The Labute approximate surface area is 160 Å². The fourth-order valence-electron chi connectivity index (χ4n) is 4.75. The van der Waals surface area contributed by atoms with Crippen molar-refractivity contribution in [1.29, 1.82) is 0 Å². The summed E-state index contributed by atoms with van der Waals surface area (Å²) in [5.41, 5.74) is 8.66. The second-order valence-electron chi connectivity index (χ2n) is 7.78. The first-order chi connectivity index (χ1) is 13.3. The maximum Gasteiger partial charge on any atom is 0.0326 e. The predicted octanol–water partition coefficient (Wildman–Crippen LogP) is 7.44. The number of rotatable bonds is 5. The molecule has 0 aliphatic heterocycles. The van der Waals surface area contributed by atoms with Crippen LogP contribution < -0.4 is 5.73 Å². The quantitative estimate of drug-likeness (QED) is 0.151. The average Bonchev–Trinajstić information content (AvgIpc) is 2.69. The predicted molar refractivity (Wildman–Crippen MR) is 120 cm³/mol. The highest BCUT2D eigenvalue weighted by molar-refractivity contribution is 6.33.